The van der Waals surface area contributed by atoms with E-state index in [9.17, 15) is 0 Å². The van der Waals surface area contributed by atoms with E-state index in [-0.39, 0.29) is 0 Å². The van der Waals surface area contributed by atoms with E-state index in [1.165, 1.54) is 22.7 Å². The predicted molar refractivity (Wildman–Crippen MR) is 82.6 cm³/mol. The van der Waals surface area contributed by atoms with Crippen molar-refractivity contribution in [3.8, 4) is 0 Å². The summed E-state index contributed by atoms with van der Waals surface area (Å²) in [5.41, 5.74) is 4.55. The van der Waals surface area contributed by atoms with Crippen molar-refractivity contribution in [2.45, 2.75) is 39.7 Å². The molecule has 0 saturated heterocycles. The van der Waals surface area contributed by atoms with Crippen molar-refractivity contribution in [1.29, 1.82) is 0 Å². The molecule has 1 unspecified atom stereocenters. The van der Waals surface area contributed by atoms with Gasteiger partial charge in [-0.2, -0.15) is 0 Å². The largest absolute Gasteiger partial charge is 0.282 e. The van der Waals surface area contributed by atoms with Crippen LogP contribution >= 0.6 is 11.5 Å². The van der Waals surface area contributed by atoms with Gasteiger partial charge in [0.05, 0.1) is 6.04 Å². The Balaban J connectivity index is 0.000000637. The Morgan fingerprint density at radius 2 is 2.11 bits per heavy atom. The molecule has 0 radical (unpaired) electrons. The quantitative estimate of drug-likeness (QED) is 0.773. The first-order chi connectivity index (χ1) is 9.33. The lowest BCUT2D eigenvalue weighted by molar-refractivity contribution is 0.715. The van der Waals surface area contributed by atoms with Crippen LogP contribution in [0.4, 0.5) is 0 Å². The van der Waals surface area contributed by atoms with Gasteiger partial charge in [-0.1, -0.05) is 30.5 Å². The van der Waals surface area contributed by atoms with Crippen molar-refractivity contribution in [2.75, 3.05) is 0 Å². The summed E-state index contributed by atoms with van der Waals surface area (Å²) in [6.45, 7) is 6.05. The SMILES string of the molecule is CC.CC1=NC2CCC=C(c3csnn3)C=C2C=C1. The molecule has 1 aliphatic heterocycles. The average molecular weight is 273 g/mol. The van der Waals surface area contributed by atoms with E-state index in [1.807, 2.05) is 19.2 Å². The molecule has 100 valence electrons. The molecule has 0 bridgehead atoms. The number of aliphatic imine (C=N–C) groups is 1. The van der Waals surface area contributed by atoms with Gasteiger partial charge in [0.15, 0.2) is 0 Å². The Kier molecular flexibility index (Phi) is 4.80. The molecule has 19 heavy (non-hydrogen) atoms. The van der Waals surface area contributed by atoms with Crippen molar-refractivity contribution in [2.24, 2.45) is 4.99 Å². The summed E-state index contributed by atoms with van der Waals surface area (Å²) in [6.07, 6.45) is 10.8. The van der Waals surface area contributed by atoms with Gasteiger partial charge in [-0.3, -0.25) is 4.99 Å². The van der Waals surface area contributed by atoms with Crippen LogP contribution in [-0.2, 0) is 0 Å². The van der Waals surface area contributed by atoms with Crippen molar-refractivity contribution in [3.05, 3.63) is 41.0 Å². The zero-order valence-electron chi connectivity index (χ0n) is 11.6. The molecule has 1 aliphatic carbocycles. The lowest BCUT2D eigenvalue weighted by Gasteiger charge is -2.16. The molecule has 2 heterocycles. The van der Waals surface area contributed by atoms with Crippen LogP contribution in [-0.4, -0.2) is 21.3 Å². The Morgan fingerprint density at radius 1 is 1.26 bits per heavy atom. The van der Waals surface area contributed by atoms with Crippen LogP contribution in [0, 0.1) is 0 Å². The van der Waals surface area contributed by atoms with Crippen LogP contribution in [0.1, 0.15) is 39.3 Å². The lowest BCUT2D eigenvalue weighted by Crippen LogP contribution is -2.12. The number of hydrogen-bond donors (Lipinski definition) is 0. The van der Waals surface area contributed by atoms with Crippen molar-refractivity contribution in [1.82, 2.24) is 9.59 Å². The number of rotatable bonds is 1. The number of dihydropyridines is 1. The minimum absolute atomic E-state index is 0.320. The molecule has 0 N–H and O–H groups in total. The van der Waals surface area contributed by atoms with Crippen molar-refractivity contribution in [3.63, 3.8) is 0 Å². The molecule has 2 aliphatic rings. The summed E-state index contributed by atoms with van der Waals surface area (Å²) in [6, 6.07) is 0.320. The standard InChI is InChI=1S/C13H13N3S.C2H6/c1-9-5-6-11-7-10(13-8-17-16-15-13)3-2-4-12(11)14-9;1-2/h3,5-8,12H,2,4H2,1H3;1-2H3. The van der Waals surface area contributed by atoms with Crippen LogP contribution in [0.5, 0.6) is 0 Å². The van der Waals surface area contributed by atoms with Gasteiger partial charge >= 0.3 is 0 Å². The van der Waals surface area contributed by atoms with Gasteiger partial charge in [0, 0.05) is 11.1 Å². The highest BCUT2D eigenvalue weighted by molar-refractivity contribution is 7.03. The molecule has 0 fully saturated rings. The highest BCUT2D eigenvalue weighted by Gasteiger charge is 2.18. The summed E-state index contributed by atoms with van der Waals surface area (Å²) in [5, 5.41) is 6.12. The fourth-order valence-electron chi connectivity index (χ4n) is 2.17. The van der Waals surface area contributed by atoms with Gasteiger partial charge in [0.1, 0.15) is 5.69 Å². The molecule has 0 amide bonds. The number of nitrogens with zero attached hydrogens (tertiary/aromatic N) is 3. The maximum absolute atomic E-state index is 4.67. The molecule has 1 aromatic rings. The van der Waals surface area contributed by atoms with E-state index in [4.69, 9.17) is 0 Å². The third kappa shape index (κ3) is 3.26. The van der Waals surface area contributed by atoms with Gasteiger partial charge in [-0.15, -0.1) is 5.10 Å². The number of allylic oxidation sites excluding steroid dienone is 4. The number of aromatic nitrogens is 2. The molecule has 0 aromatic carbocycles. The Labute approximate surface area is 118 Å². The van der Waals surface area contributed by atoms with Gasteiger partial charge in [-0.05, 0) is 54.6 Å². The zero-order chi connectivity index (χ0) is 13.7. The summed E-state index contributed by atoms with van der Waals surface area (Å²) in [4.78, 5) is 4.67. The fraction of sp³-hybridized carbons (Fsp3) is 0.400. The van der Waals surface area contributed by atoms with E-state index >= 15 is 0 Å². The molecule has 3 nitrogen and oxygen atoms in total. The summed E-state index contributed by atoms with van der Waals surface area (Å²) < 4.78 is 3.92. The molecular formula is C15H19N3S. The highest BCUT2D eigenvalue weighted by atomic mass is 32.1. The average Bonchev–Trinajstić information content (AvgIpc) is 2.89. The normalized spacial score (nSPS) is 21.2. The monoisotopic (exact) mass is 273 g/mol. The van der Waals surface area contributed by atoms with Gasteiger partial charge in [0.2, 0.25) is 0 Å². The smallest absolute Gasteiger partial charge is 0.105 e. The second kappa shape index (κ2) is 6.57. The van der Waals surface area contributed by atoms with Crippen LogP contribution in [0.25, 0.3) is 5.57 Å². The van der Waals surface area contributed by atoms with Gasteiger partial charge in [0.25, 0.3) is 0 Å². The maximum atomic E-state index is 4.67. The Hall–Kier alpha value is -1.55. The van der Waals surface area contributed by atoms with Crippen LogP contribution in [0.2, 0.25) is 0 Å². The Morgan fingerprint density at radius 3 is 2.84 bits per heavy atom. The highest BCUT2D eigenvalue weighted by Crippen LogP contribution is 2.28. The lowest BCUT2D eigenvalue weighted by atomic mass is 10.00. The van der Waals surface area contributed by atoms with Gasteiger partial charge in [-0.25, -0.2) is 0 Å². The third-order valence-corrected chi connectivity index (χ3v) is 3.55. The number of hydrogen-bond acceptors (Lipinski definition) is 4. The molecular weight excluding hydrogens is 254 g/mol. The van der Waals surface area contributed by atoms with Crippen molar-refractivity contribution < 1.29 is 0 Å². The minimum Gasteiger partial charge on any atom is -0.282 e. The molecule has 3 rings (SSSR count). The second-order valence-electron chi connectivity index (χ2n) is 4.29. The maximum Gasteiger partial charge on any atom is 0.105 e. The molecule has 4 heteroatoms. The summed E-state index contributed by atoms with van der Waals surface area (Å²) in [7, 11) is 0. The first-order valence-electron chi connectivity index (χ1n) is 6.74. The predicted octanol–water partition coefficient (Wildman–Crippen LogP) is 4.07. The molecule has 1 aromatic heterocycles. The molecule has 0 spiro atoms. The first kappa shape index (κ1) is 13.9. The fourth-order valence-corrected chi connectivity index (χ4v) is 2.64. The van der Waals surface area contributed by atoms with E-state index in [0.717, 1.165) is 24.2 Å². The topological polar surface area (TPSA) is 38.1 Å². The summed E-state index contributed by atoms with van der Waals surface area (Å²) >= 11 is 1.39. The van der Waals surface area contributed by atoms with Crippen LogP contribution in [0.15, 0.2) is 40.2 Å². The van der Waals surface area contributed by atoms with Crippen LogP contribution in [0.3, 0.4) is 0 Å². The molecule has 0 saturated carbocycles. The first-order valence-corrected chi connectivity index (χ1v) is 7.58. The van der Waals surface area contributed by atoms with Gasteiger partial charge < -0.3 is 0 Å². The number of fused-ring (bicyclic) bond motifs is 1. The summed E-state index contributed by atoms with van der Waals surface area (Å²) in [5.74, 6) is 0. The Bertz CT molecular complexity index is 536. The van der Waals surface area contributed by atoms with E-state index in [0.29, 0.717) is 6.04 Å². The van der Waals surface area contributed by atoms with E-state index < -0.39 is 0 Å². The van der Waals surface area contributed by atoms with Crippen LogP contribution < -0.4 is 0 Å². The molecule has 1 atom stereocenters. The minimum atomic E-state index is 0.320. The zero-order valence-corrected chi connectivity index (χ0v) is 12.4. The van der Waals surface area contributed by atoms with Crippen molar-refractivity contribution >= 4 is 22.8 Å². The second-order valence-corrected chi connectivity index (χ2v) is 4.90. The third-order valence-electron chi connectivity index (χ3n) is 3.04. The van der Waals surface area contributed by atoms with E-state index in [2.05, 4.69) is 45.8 Å². The van der Waals surface area contributed by atoms with E-state index in [1.54, 1.807) is 0 Å².